The van der Waals surface area contributed by atoms with Crippen molar-refractivity contribution in [3.8, 4) is 0 Å². The van der Waals surface area contributed by atoms with E-state index in [0.29, 0.717) is 95.0 Å². The minimum Gasteiger partial charge on any atom is -0.376 e. The number of nitrogens with zero attached hydrogens (tertiary/aromatic N) is 5. The zero-order valence-corrected chi connectivity index (χ0v) is 55.2. The number of ketones is 2. The van der Waals surface area contributed by atoms with E-state index >= 15 is 0 Å². The topological polar surface area (TPSA) is 188 Å². The Hall–Kier alpha value is -4.21. The summed E-state index contributed by atoms with van der Waals surface area (Å²) in [6.45, 7) is 36.5. The summed E-state index contributed by atoms with van der Waals surface area (Å²) in [5.74, 6) is 1.26. The standard InChI is InChI=1S/C33H60N8O5.C18H28FNO.C17H24FNO/c1-24-16-40(18-26(3)42)29(14-35-24)20-38-10-12-45-31(22-38)28(5)37(6)9-7-8-34-33(44)32-23-39(11-13-46-32)21-30-15-36-25(2)17-41(30)19-27(4)43;1-5-18(3,4)16-12(2)10-14(17(21)20-16)11-13-6-8-15(19)9-7-13;1-17(2)8-7-12-10-13(16(20)19-15(12)17)9-11-3-5-14(18)6-4-11/h24-25,29-32,35-36H,5,7-23H2,1-4,6H3,(H,34,44);10,13,15H,5-9,11H2,1-4H3,(H,20,21);10-11,14H,3-9H2,1-2H3,(H,19,20)/t24-,25-,29?,30?,31+,32+;;/m1../s1. The molecule has 7 aliphatic rings. The van der Waals surface area contributed by atoms with Crippen LogP contribution in [0.2, 0.25) is 0 Å². The molecule has 4 aliphatic heterocycles. The predicted molar refractivity (Wildman–Crippen MR) is 343 cm³/mol. The summed E-state index contributed by atoms with van der Waals surface area (Å²) in [5, 5.41) is 10.2. The van der Waals surface area contributed by atoms with Crippen molar-refractivity contribution < 1.29 is 32.6 Å². The van der Waals surface area contributed by atoms with Gasteiger partial charge in [-0.2, -0.15) is 0 Å². The van der Waals surface area contributed by atoms with Crippen molar-refractivity contribution in [1.29, 1.82) is 0 Å². The van der Waals surface area contributed by atoms with Crippen LogP contribution in [0.25, 0.3) is 0 Å². The molecule has 0 aromatic carbocycles. The largest absolute Gasteiger partial charge is 0.376 e. The number of likely N-dealkylation sites (N-methyl/N-ethyl adjacent to an activating group) is 1. The molecular weight excluding hydrogens is 1110 g/mol. The van der Waals surface area contributed by atoms with Gasteiger partial charge in [-0.1, -0.05) is 41.2 Å². The molecule has 9 rings (SSSR count). The minimum absolute atomic E-state index is 0.00589. The first-order chi connectivity index (χ1) is 41.3. The van der Waals surface area contributed by atoms with Crippen LogP contribution in [0, 0.1) is 18.8 Å². The molecule has 2 aromatic heterocycles. The van der Waals surface area contributed by atoms with E-state index in [1.54, 1.807) is 13.8 Å². The van der Waals surface area contributed by atoms with E-state index in [0.717, 1.165) is 163 Å². The van der Waals surface area contributed by atoms with E-state index in [1.807, 2.05) is 13.1 Å². The monoisotopic (exact) mass is 1220 g/mol. The number of Topliss-reactive ketones (excluding diaryl/α,β-unsaturated/α-hetero) is 2. The van der Waals surface area contributed by atoms with E-state index in [-0.39, 0.29) is 51.6 Å². The van der Waals surface area contributed by atoms with Crippen molar-refractivity contribution in [2.45, 2.75) is 219 Å². The van der Waals surface area contributed by atoms with Crippen molar-refractivity contribution in [2.24, 2.45) is 11.8 Å². The highest BCUT2D eigenvalue weighted by atomic mass is 19.1. The number of fused-ring (bicyclic) bond motifs is 1. The van der Waals surface area contributed by atoms with Gasteiger partial charge in [0.2, 0.25) is 5.91 Å². The number of ether oxygens (including phenoxy) is 2. The number of aromatic amines is 2. The summed E-state index contributed by atoms with van der Waals surface area (Å²) in [7, 11) is 2.03. The first-order valence-corrected chi connectivity index (χ1v) is 33.3. The van der Waals surface area contributed by atoms with Crippen molar-refractivity contribution in [3.63, 3.8) is 0 Å². The van der Waals surface area contributed by atoms with Crippen LogP contribution in [-0.4, -0.2) is 213 Å². The number of hydrogen-bond donors (Lipinski definition) is 5. The lowest BCUT2D eigenvalue weighted by Crippen LogP contribution is -2.61. The van der Waals surface area contributed by atoms with Gasteiger partial charge in [0.1, 0.15) is 36.1 Å². The molecule has 1 amide bonds. The van der Waals surface area contributed by atoms with Gasteiger partial charge in [-0.25, -0.2) is 8.78 Å². The number of alkyl halides is 2. The first-order valence-electron chi connectivity index (χ1n) is 33.3. The number of hydrogen-bond acceptors (Lipinski definition) is 14. The lowest BCUT2D eigenvalue weighted by molar-refractivity contribution is -0.139. The smallest absolute Gasteiger partial charge is 0.251 e. The highest BCUT2D eigenvalue weighted by molar-refractivity contribution is 5.81. The first kappa shape index (κ1) is 70.3. The Morgan fingerprint density at radius 2 is 1.25 bits per heavy atom. The molecule has 2 saturated carbocycles. The Labute approximate surface area is 519 Å². The van der Waals surface area contributed by atoms with Crippen LogP contribution in [0.3, 0.4) is 0 Å². The zero-order valence-electron chi connectivity index (χ0n) is 55.2. The van der Waals surface area contributed by atoms with Crippen molar-refractivity contribution in [3.05, 3.63) is 78.8 Å². The number of aryl methyl sites for hydroxylation is 2. The second kappa shape index (κ2) is 32.7. The number of aromatic nitrogens is 2. The quantitative estimate of drug-likeness (QED) is 0.0809. The Balaban J connectivity index is 0.000000216. The molecule has 3 aliphatic carbocycles. The van der Waals surface area contributed by atoms with Crippen LogP contribution in [0.4, 0.5) is 8.78 Å². The van der Waals surface area contributed by atoms with Gasteiger partial charge in [0, 0.05) is 149 Å². The molecule has 6 heterocycles. The van der Waals surface area contributed by atoms with Crippen LogP contribution in [-0.2, 0) is 53.9 Å². The summed E-state index contributed by atoms with van der Waals surface area (Å²) in [4.78, 5) is 79.0. The molecule has 6 fully saturated rings. The number of morpholine rings is 2. The molecular formula is C68H112F2N10O7. The maximum Gasteiger partial charge on any atom is 0.251 e. The van der Waals surface area contributed by atoms with Crippen LogP contribution in [0.5, 0.6) is 0 Å². The van der Waals surface area contributed by atoms with E-state index in [4.69, 9.17) is 9.47 Å². The van der Waals surface area contributed by atoms with Gasteiger partial charge in [-0.05, 0) is 160 Å². The normalized spacial score (nSPS) is 28.3. The van der Waals surface area contributed by atoms with Crippen LogP contribution >= 0.6 is 0 Å². The number of pyridine rings is 2. The predicted octanol–water partition coefficient (Wildman–Crippen LogP) is 6.95. The molecule has 0 spiro atoms. The van der Waals surface area contributed by atoms with Gasteiger partial charge < -0.3 is 40.3 Å². The molecule has 490 valence electrons. The number of nitrogens with one attached hydrogen (secondary N) is 5. The van der Waals surface area contributed by atoms with Gasteiger partial charge in [0.25, 0.3) is 11.1 Å². The summed E-state index contributed by atoms with van der Waals surface area (Å²) < 4.78 is 38.3. The number of carbonyl (C=O) groups excluding carboxylic acids is 3. The molecule has 2 aromatic rings. The van der Waals surface area contributed by atoms with E-state index in [2.05, 4.69) is 118 Å². The summed E-state index contributed by atoms with van der Waals surface area (Å²) in [6, 6.07) is 5.44. The Morgan fingerprint density at radius 1 is 0.759 bits per heavy atom. The van der Waals surface area contributed by atoms with Gasteiger partial charge >= 0.3 is 0 Å². The fraction of sp³-hybridized carbons (Fsp3) is 0.779. The highest BCUT2D eigenvalue weighted by Gasteiger charge is 2.36. The zero-order chi connectivity index (χ0) is 63.2. The van der Waals surface area contributed by atoms with E-state index < -0.39 is 18.4 Å². The fourth-order valence-electron chi connectivity index (χ4n) is 14.3. The number of carbonyl (C=O) groups is 3. The Bertz CT molecular complexity index is 2690. The number of rotatable bonds is 21. The lowest BCUT2D eigenvalue weighted by atomic mass is 9.82. The number of amides is 1. The number of H-pyrrole nitrogens is 2. The van der Waals surface area contributed by atoms with Gasteiger partial charge in [0.15, 0.2) is 0 Å². The molecule has 19 heteroatoms. The summed E-state index contributed by atoms with van der Waals surface area (Å²) >= 11 is 0. The third-order valence-electron chi connectivity index (χ3n) is 20.0. The molecule has 4 saturated heterocycles. The van der Waals surface area contributed by atoms with Crippen LogP contribution in [0.15, 0.2) is 34.0 Å². The Morgan fingerprint density at radius 3 is 1.77 bits per heavy atom. The van der Waals surface area contributed by atoms with Crippen LogP contribution in [0.1, 0.15) is 167 Å². The minimum atomic E-state index is -0.631. The third kappa shape index (κ3) is 20.9. The average Bonchev–Trinajstić information content (AvgIpc) is 1.86. The van der Waals surface area contributed by atoms with Crippen LogP contribution < -0.4 is 27.1 Å². The highest BCUT2D eigenvalue weighted by Crippen LogP contribution is 2.37. The molecule has 0 radical (unpaired) electrons. The van der Waals surface area contributed by atoms with E-state index in [9.17, 15) is 32.8 Å². The lowest BCUT2D eigenvalue weighted by Gasteiger charge is -2.43. The van der Waals surface area contributed by atoms with Gasteiger partial charge in [-0.15, -0.1) is 0 Å². The third-order valence-corrected chi connectivity index (χ3v) is 20.0. The summed E-state index contributed by atoms with van der Waals surface area (Å²) in [5.41, 5.74) is 7.57. The SMILES string of the molecule is C=C([C@@H]1CN(CC2CN[C@H](C)CN2CC(C)=O)CCO1)N(C)CCCNC(=O)[C@@H]1CN(CC2CN[C@H](C)CN2CC(C)=O)CCO1.CC1(C)CCc2cc(CC3CCC(F)CC3)c(=O)[nH]c21.CCC(C)(C)c1[nH]c(=O)c(CC2CCC(F)CC2)cc1C. The number of piperazine rings is 2. The maximum atomic E-state index is 13.2. The van der Waals surface area contributed by atoms with Crippen molar-refractivity contribution in [1.82, 2.24) is 50.4 Å². The summed E-state index contributed by atoms with van der Waals surface area (Å²) in [6.07, 6.45) is 10.0. The van der Waals surface area contributed by atoms with Crippen molar-refractivity contribution >= 4 is 17.5 Å². The van der Waals surface area contributed by atoms with E-state index in [1.165, 1.54) is 5.56 Å². The second-order valence-corrected chi connectivity index (χ2v) is 28.5. The second-order valence-electron chi connectivity index (χ2n) is 28.5. The molecule has 2 unspecified atom stereocenters. The number of halogens is 2. The van der Waals surface area contributed by atoms with Crippen molar-refractivity contribution in [2.75, 3.05) is 112 Å². The average molecular weight is 1220 g/mol. The molecule has 0 bridgehead atoms. The molecule has 5 N–H and O–H groups in total. The molecule has 17 nitrogen and oxygen atoms in total. The molecule has 6 atom stereocenters. The van der Waals surface area contributed by atoms with Gasteiger partial charge in [-0.3, -0.25) is 43.6 Å². The van der Waals surface area contributed by atoms with Gasteiger partial charge in [0.05, 0.1) is 26.3 Å². The maximum absolute atomic E-state index is 13.2. The Kier molecular flexibility index (Phi) is 26.4. The molecule has 87 heavy (non-hydrogen) atoms. The fourth-order valence-corrected chi connectivity index (χ4v) is 14.3.